The van der Waals surface area contributed by atoms with Gasteiger partial charge in [-0.3, -0.25) is 4.79 Å². The molecule has 0 heterocycles. The summed E-state index contributed by atoms with van der Waals surface area (Å²) in [6.07, 6.45) is 1.69. The van der Waals surface area contributed by atoms with Crippen LogP contribution in [0.2, 0.25) is 0 Å². The van der Waals surface area contributed by atoms with Gasteiger partial charge in [0.15, 0.2) is 5.78 Å². The Balaban J connectivity index is 2.10. The number of aryl methyl sites for hydroxylation is 1. The Labute approximate surface area is 118 Å². The summed E-state index contributed by atoms with van der Waals surface area (Å²) in [6, 6.07) is 17.4. The van der Waals surface area contributed by atoms with Crippen LogP contribution in [0.1, 0.15) is 40.4 Å². The Hall–Kier alpha value is -2.40. The van der Waals surface area contributed by atoms with E-state index in [4.69, 9.17) is 5.26 Å². The van der Waals surface area contributed by atoms with Crippen LogP contribution < -0.4 is 0 Å². The van der Waals surface area contributed by atoms with Crippen molar-refractivity contribution in [3.63, 3.8) is 0 Å². The summed E-state index contributed by atoms with van der Waals surface area (Å²) >= 11 is 0. The van der Waals surface area contributed by atoms with E-state index in [0.29, 0.717) is 5.56 Å². The van der Waals surface area contributed by atoms with Gasteiger partial charge in [0.1, 0.15) is 0 Å². The van der Waals surface area contributed by atoms with Crippen LogP contribution in [-0.2, 0) is 11.8 Å². The van der Waals surface area contributed by atoms with E-state index >= 15 is 0 Å². The van der Waals surface area contributed by atoms with Gasteiger partial charge >= 0.3 is 0 Å². The van der Waals surface area contributed by atoms with Gasteiger partial charge in [0.2, 0.25) is 0 Å². The SMILES string of the molecule is CC1(c2cccc(C#N)c2)CCc2ccccc2C1=O. The first-order valence-corrected chi connectivity index (χ1v) is 6.78. The maximum Gasteiger partial charge on any atom is 0.173 e. The number of fused-ring (bicyclic) bond motifs is 1. The number of hydrogen-bond acceptors (Lipinski definition) is 2. The molecule has 0 fully saturated rings. The second kappa shape index (κ2) is 4.61. The molecule has 0 aromatic heterocycles. The maximum absolute atomic E-state index is 12.9. The van der Waals surface area contributed by atoms with Crippen molar-refractivity contribution in [2.24, 2.45) is 0 Å². The lowest BCUT2D eigenvalue weighted by Gasteiger charge is -2.33. The van der Waals surface area contributed by atoms with Crippen molar-refractivity contribution in [1.82, 2.24) is 0 Å². The van der Waals surface area contributed by atoms with Crippen molar-refractivity contribution < 1.29 is 4.79 Å². The van der Waals surface area contributed by atoms with Crippen LogP contribution in [0.3, 0.4) is 0 Å². The molecule has 20 heavy (non-hydrogen) atoms. The number of carbonyl (C=O) groups is 1. The fraction of sp³-hybridized carbons (Fsp3) is 0.222. The van der Waals surface area contributed by atoms with Crippen LogP contribution in [0, 0.1) is 11.3 Å². The number of hydrogen-bond donors (Lipinski definition) is 0. The molecule has 1 aliphatic carbocycles. The summed E-state index contributed by atoms with van der Waals surface area (Å²) < 4.78 is 0. The quantitative estimate of drug-likeness (QED) is 0.786. The lowest BCUT2D eigenvalue weighted by Crippen LogP contribution is -2.37. The summed E-state index contributed by atoms with van der Waals surface area (Å²) in [4.78, 5) is 12.9. The van der Waals surface area contributed by atoms with Gasteiger partial charge in [-0.25, -0.2) is 0 Å². The molecule has 2 aromatic carbocycles. The molecule has 0 spiro atoms. The highest BCUT2D eigenvalue weighted by Crippen LogP contribution is 2.38. The molecule has 0 saturated carbocycles. The largest absolute Gasteiger partial charge is 0.293 e. The van der Waals surface area contributed by atoms with Gasteiger partial charge in [-0.1, -0.05) is 36.4 Å². The van der Waals surface area contributed by atoms with Crippen molar-refractivity contribution in [2.45, 2.75) is 25.2 Å². The van der Waals surface area contributed by atoms with E-state index in [-0.39, 0.29) is 5.78 Å². The van der Waals surface area contributed by atoms with E-state index in [0.717, 1.165) is 29.5 Å². The fourth-order valence-corrected chi connectivity index (χ4v) is 2.96. The highest BCUT2D eigenvalue weighted by atomic mass is 16.1. The number of nitrogens with zero attached hydrogens (tertiary/aromatic N) is 1. The molecule has 2 heteroatoms. The first-order valence-electron chi connectivity index (χ1n) is 6.78. The van der Waals surface area contributed by atoms with Crippen LogP contribution in [0.4, 0.5) is 0 Å². The Morgan fingerprint density at radius 3 is 2.75 bits per heavy atom. The highest BCUT2D eigenvalue weighted by Gasteiger charge is 2.39. The topological polar surface area (TPSA) is 40.9 Å². The van der Waals surface area contributed by atoms with Crippen LogP contribution in [-0.4, -0.2) is 5.78 Å². The number of rotatable bonds is 1. The number of nitriles is 1. The minimum absolute atomic E-state index is 0.162. The third kappa shape index (κ3) is 1.83. The molecular weight excluding hydrogens is 246 g/mol. The highest BCUT2D eigenvalue weighted by molar-refractivity contribution is 6.06. The average Bonchev–Trinajstić information content (AvgIpc) is 2.51. The van der Waals surface area contributed by atoms with Gasteiger partial charge in [0, 0.05) is 5.56 Å². The second-order valence-corrected chi connectivity index (χ2v) is 5.51. The number of ketones is 1. The molecule has 3 rings (SSSR count). The van der Waals surface area contributed by atoms with Crippen LogP contribution in [0.25, 0.3) is 0 Å². The predicted molar refractivity (Wildman–Crippen MR) is 77.6 cm³/mol. The minimum atomic E-state index is -0.527. The fourth-order valence-electron chi connectivity index (χ4n) is 2.96. The van der Waals surface area contributed by atoms with Crippen molar-refractivity contribution in [1.29, 1.82) is 5.26 Å². The zero-order valence-electron chi connectivity index (χ0n) is 11.4. The molecule has 0 aliphatic heterocycles. The second-order valence-electron chi connectivity index (χ2n) is 5.51. The summed E-state index contributed by atoms with van der Waals surface area (Å²) in [5, 5.41) is 9.03. The van der Waals surface area contributed by atoms with Gasteiger partial charge in [-0.15, -0.1) is 0 Å². The van der Waals surface area contributed by atoms with E-state index in [1.807, 2.05) is 49.4 Å². The Morgan fingerprint density at radius 2 is 1.95 bits per heavy atom. The number of Topliss-reactive ketones (excluding diaryl/α,β-unsaturated/α-hetero) is 1. The number of carbonyl (C=O) groups excluding carboxylic acids is 1. The molecular formula is C18H15NO. The summed E-state index contributed by atoms with van der Waals surface area (Å²) in [7, 11) is 0. The molecule has 0 N–H and O–H groups in total. The van der Waals surface area contributed by atoms with Crippen molar-refractivity contribution in [3.05, 3.63) is 70.8 Å². The molecule has 1 atom stereocenters. The standard InChI is InChI=1S/C18H15NO/c1-18(15-7-4-5-13(11-15)12-19)10-9-14-6-2-3-8-16(14)17(18)20/h2-8,11H,9-10H2,1H3. The third-order valence-electron chi connectivity index (χ3n) is 4.29. The van der Waals surface area contributed by atoms with E-state index in [1.54, 1.807) is 6.07 Å². The molecule has 0 bridgehead atoms. The van der Waals surface area contributed by atoms with Gasteiger partial charge < -0.3 is 0 Å². The molecule has 0 amide bonds. The Bertz CT molecular complexity index is 726. The minimum Gasteiger partial charge on any atom is -0.293 e. The third-order valence-corrected chi connectivity index (χ3v) is 4.29. The first-order chi connectivity index (χ1) is 9.65. The van der Waals surface area contributed by atoms with Crippen molar-refractivity contribution in [2.75, 3.05) is 0 Å². The predicted octanol–water partition coefficient (Wildman–Crippen LogP) is 3.65. The van der Waals surface area contributed by atoms with Crippen LogP contribution in [0.5, 0.6) is 0 Å². The molecule has 2 nitrogen and oxygen atoms in total. The van der Waals surface area contributed by atoms with Crippen molar-refractivity contribution in [3.8, 4) is 6.07 Å². The average molecular weight is 261 g/mol. The van der Waals surface area contributed by atoms with Crippen LogP contribution in [0.15, 0.2) is 48.5 Å². The number of benzene rings is 2. The molecule has 0 saturated heterocycles. The van der Waals surface area contributed by atoms with Crippen molar-refractivity contribution >= 4 is 5.78 Å². The van der Waals surface area contributed by atoms with Gasteiger partial charge in [0.25, 0.3) is 0 Å². The molecule has 0 radical (unpaired) electrons. The summed E-state index contributed by atoms with van der Waals surface area (Å²) in [6.45, 7) is 1.99. The Morgan fingerprint density at radius 1 is 1.15 bits per heavy atom. The van der Waals surface area contributed by atoms with Gasteiger partial charge in [-0.2, -0.15) is 5.26 Å². The van der Waals surface area contributed by atoms with E-state index in [1.165, 1.54) is 0 Å². The maximum atomic E-state index is 12.9. The first kappa shape index (κ1) is 12.6. The molecule has 98 valence electrons. The van der Waals surface area contributed by atoms with Crippen LogP contribution >= 0.6 is 0 Å². The lowest BCUT2D eigenvalue weighted by atomic mass is 9.68. The normalized spacial score (nSPS) is 21.1. The summed E-state index contributed by atoms with van der Waals surface area (Å²) in [5.41, 5.74) is 2.97. The molecule has 2 aromatic rings. The molecule has 1 unspecified atom stereocenters. The van der Waals surface area contributed by atoms with Gasteiger partial charge in [-0.05, 0) is 43.0 Å². The zero-order valence-corrected chi connectivity index (χ0v) is 11.4. The lowest BCUT2D eigenvalue weighted by molar-refractivity contribution is 0.0875. The Kier molecular flexibility index (Phi) is 2.91. The van der Waals surface area contributed by atoms with E-state index in [9.17, 15) is 4.79 Å². The van der Waals surface area contributed by atoms with E-state index in [2.05, 4.69) is 6.07 Å². The van der Waals surface area contributed by atoms with Gasteiger partial charge in [0.05, 0.1) is 17.0 Å². The zero-order chi connectivity index (χ0) is 14.2. The monoisotopic (exact) mass is 261 g/mol. The smallest absolute Gasteiger partial charge is 0.173 e. The van der Waals surface area contributed by atoms with E-state index < -0.39 is 5.41 Å². The molecule has 1 aliphatic rings. The summed E-state index contributed by atoms with van der Waals surface area (Å²) in [5.74, 6) is 0.162.